The van der Waals surface area contributed by atoms with Crippen LogP contribution in [-0.4, -0.2) is 29.3 Å². The van der Waals surface area contributed by atoms with Crippen LogP contribution in [-0.2, 0) is 16.4 Å². The number of hydrogen-bond donors (Lipinski definition) is 2. The molecule has 7 nitrogen and oxygen atoms in total. The number of benzene rings is 1. The third-order valence-electron chi connectivity index (χ3n) is 3.94. The summed E-state index contributed by atoms with van der Waals surface area (Å²) >= 11 is 0. The average Bonchev–Trinajstić information content (AvgIpc) is 3.13. The van der Waals surface area contributed by atoms with Crippen molar-refractivity contribution in [1.29, 1.82) is 0 Å². The number of nitrogens with one attached hydrogen (secondary N) is 2. The van der Waals surface area contributed by atoms with Crippen LogP contribution in [0.2, 0.25) is 0 Å². The largest absolute Gasteiger partial charge is 0.367 e. The number of nitrogens with zero attached hydrogens (tertiary/aromatic N) is 2. The number of aromatic nitrogens is 3. The lowest BCUT2D eigenvalue weighted by Gasteiger charge is -2.13. The molecule has 0 saturated heterocycles. The molecule has 2 aromatic heterocycles. The van der Waals surface area contributed by atoms with Crippen LogP contribution in [0.25, 0.3) is 0 Å². The van der Waals surface area contributed by atoms with Gasteiger partial charge < -0.3 is 4.98 Å². The van der Waals surface area contributed by atoms with Gasteiger partial charge in [0.15, 0.2) is 0 Å². The zero-order valence-corrected chi connectivity index (χ0v) is 15.2. The Morgan fingerprint density at radius 1 is 1.15 bits per heavy atom. The van der Waals surface area contributed by atoms with Gasteiger partial charge in [-0.25, -0.2) is 13.1 Å². The van der Waals surface area contributed by atoms with Crippen molar-refractivity contribution in [3.8, 4) is 0 Å². The van der Waals surface area contributed by atoms with E-state index in [-0.39, 0.29) is 10.5 Å². The summed E-state index contributed by atoms with van der Waals surface area (Å²) in [4.78, 5) is 23.4. The fraction of sp³-hybridized carbons (Fsp3) is 0.167. The molecule has 1 aromatic carbocycles. The Labute approximate surface area is 151 Å². The Morgan fingerprint density at radius 3 is 2.62 bits per heavy atom. The molecule has 0 aliphatic heterocycles. The number of aromatic amines is 1. The summed E-state index contributed by atoms with van der Waals surface area (Å²) in [6.07, 6.45) is 6.54. The molecule has 26 heavy (non-hydrogen) atoms. The molecule has 0 radical (unpaired) electrons. The normalized spacial score (nSPS) is 11.3. The molecule has 1 amide bonds. The second kappa shape index (κ2) is 7.09. The predicted molar refractivity (Wildman–Crippen MR) is 96.2 cm³/mol. The fourth-order valence-corrected chi connectivity index (χ4v) is 3.83. The molecule has 2 heterocycles. The van der Waals surface area contributed by atoms with Gasteiger partial charge in [0, 0.05) is 31.2 Å². The molecular formula is C18H18N4O3S. The standard InChI is InChI=1S/C18H18N4O3S/c1-12-4-3-5-17(16(12)8-15-11-20-13(2)9-21-15)26(24,25)22-18(23)14-6-7-19-10-14/h3-7,9-11,19H,8H2,1-2H3,(H,22,23). The highest BCUT2D eigenvalue weighted by Crippen LogP contribution is 2.22. The highest BCUT2D eigenvalue weighted by Gasteiger charge is 2.23. The lowest BCUT2D eigenvalue weighted by molar-refractivity contribution is 0.0981. The Kier molecular flexibility index (Phi) is 4.85. The summed E-state index contributed by atoms with van der Waals surface area (Å²) in [6, 6.07) is 6.46. The van der Waals surface area contributed by atoms with Gasteiger partial charge >= 0.3 is 0 Å². The van der Waals surface area contributed by atoms with E-state index in [1.807, 2.05) is 19.9 Å². The number of carbonyl (C=O) groups is 1. The highest BCUT2D eigenvalue weighted by atomic mass is 32.2. The van der Waals surface area contributed by atoms with E-state index in [0.29, 0.717) is 17.7 Å². The zero-order chi connectivity index (χ0) is 18.7. The lowest BCUT2D eigenvalue weighted by atomic mass is 10.0. The predicted octanol–water partition coefficient (Wildman–Crippen LogP) is 2.13. The maximum absolute atomic E-state index is 12.8. The van der Waals surface area contributed by atoms with Gasteiger partial charge in [-0.05, 0) is 37.1 Å². The average molecular weight is 370 g/mol. The van der Waals surface area contributed by atoms with Crippen molar-refractivity contribution in [3.63, 3.8) is 0 Å². The molecule has 0 spiro atoms. The third-order valence-corrected chi connectivity index (χ3v) is 5.35. The van der Waals surface area contributed by atoms with Crippen LogP contribution in [0.1, 0.15) is 32.9 Å². The van der Waals surface area contributed by atoms with Crippen LogP contribution < -0.4 is 4.72 Å². The molecule has 0 aliphatic carbocycles. The molecule has 8 heteroatoms. The van der Waals surface area contributed by atoms with E-state index >= 15 is 0 Å². The maximum Gasteiger partial charge on any atom is 0.266 e. The topological polar surface area (TPSA) is 105 Å². The van der Waals surface area contributed by atoms with Crippen molar-refractivity contribution < 1.29 is 13.2 Å². The minimum atomic E-state index is -4.03. The van der Waals surface area contributed by atoms with E-state index < -0.39 is 15.9 Å². The highest BCUT2D eigenvalue weighted by molar-refractivity contribution is 7.90. The molecule has 3 aromatic rings. The van der Waals surface area contributed by atoms with Crippen molar-refractivity contribution in [2.75, 3.05) is 0 Å². The number of amides is 1. The maximum atomic E-state index is 12.8. The molecule has 0 atom stereocenters. The van der Waals surface area contributed by atoms with E-state index in [4.69, 9.17) is 0 Å². The Balaban J connectivity index is 1.95. The molecule has 0 saturated carbocycles. The minimum Gasteiger partial charge on any atom is -0.367 e. The minimum absolute atomic E-state index is 0.0590. The number of hydrogen-bond acceptors (Lipinski definition) is 5. The monoisotopic (exact) mass is 370 g/mol. The van der Waals surface area contributed by atoms with E-state index in [1.165, 1.54) is 18.3 Å². The van der Waals surface area contributed by atoms with Crippen molar-refractivity contribution >= 4 is 15.9 Å². The second-order valence-corrected chi connectivity index (χ2v) is 7.56. The Hall–Kier alpha value is -3.00. The fourth-order valence-electron chi connectivity index (χ4n) is 2.55. The van der Waals surface area contributed by atoms with Crippen molar-refractivity contribution in [3.05, 3.63) is 77.1 Å². The molecule has 0 unspecified atom stereocenters. The van der Waals surface area contributed by atoms with Crippen LogP contribution in [0.4, 0.5) is 0 Å². The summed E-state index contributed by atoms with van der Waals surface area (Å²) < 4.78 is 27.7. The molecule has 2 N–H and O–H groups in total. The first-order valence-corrected chi connectivity index (χ1v) is 9.41. The van der Waals surface area contributed by atoms with Gasteiger partial charge in [-0.1, -0.05) is 12.1 Å². The van der Waals surface area contributed by atoms with Gasteiger partial charge in [0.2, 0.25) is 0 Å². The van der Waals surface area contributed by atoms with Gasteiger partial charge in [0.1, 0.15) is 0 Å². The third kappa shape index (κ3) is 3.80. The second-order valence-electron chi connectivity index (χ2n) is 5.91. The summed E-state index contributed by atoms with van der Waals surface area (Å²) in [5.74, 6) is -0.686. The zero-order valence-electron chi connectivity index (χ0n) is 14.4. The first kappa shape index (κ1) is 17.8. The first-order valence-electron chi connectivity index (χ1n) is 7.93. The molecule has 134 valence electrons. The van der Waals surface area contributed by atoms with Gasteiger partial charge in [0.05, 0.1) is 21.8 Å². The summed E-state index contributed by atoms with van der Waals surface area (Å²) in [7, 11) is -4.03. The van der Waals surface area contributed by atoms with Crippen LogP contribution in [0.3, 0.4) is 0 Å². The molecule has 0 aliphatic rings. The number of carbonyl (C=O) groups excluding carboxylic acids is 1. The van der Waals surface area contributed by atoms with Crippen LogP contribution in [0.5, 0.6) is 0 Å². The van der Waals surface area contributed by atoms with Gasteiger partial charge in [0.25, 0.3) is 15.9 Å². The number of aryl methyl sites for hydroxylation is 2. The number of sulfonamides is 1. The Bertz CT molecular complexity index is 1030. The van der Waals surface area contributed by atoms with E-state index in [9.17, 15) is 13.2 Å². The summed E-state index contributed by atoms with van der Waals surface area (Å²) in [6.45, 7) is 3.65. The molecular weight excluding hydrogens is 352 g/mol. The van der Waals surface area contributed by atoms with Crippen molar-refractivity contribution in [2.24, 2.45) is 0 Å². The van der Waals surface area contributed by atoms with Crippen LogP contribution in [0.15, 0.2) is 53.9 Å². The Morgan fingerprint density at radius 2 is 1.96 bits per heavy atom. The quantitative estimate of drug-likeness (QED) is 0.716. The van der Waals surface area contributed by atoms with Crippen molar-refractivity contribution in [2.45, 2.75) is 25.2 Å². The summed E-state index contributed by atoms with van der Waals surface area (Å²) in [5.41, 5.74) is 3.06. The smallest absolute Gasteiger partial charge is 0.266 e. The van der Waals surface area contributed by atoms with E-state index in [2.05, 4.69) is 19.7 Å². The number of H-pyrrole nitrogens is 1. The number of rotatable bonds is 5. The van der Waals surface area contributed by atoms with Crippen molar-refractivity contribution in [1.82, 2.24) is 19.7 Å². The molecule has 0 fully saturated rings. The molecule has 3 rings (SSSR count). The van der Waals surface area contributed by atoms with E-state index in [1.54, 1.807) is 24.7 Å². The van der Waals surface area contributed by atoms with Gasteiger partial charge in [-0.3, -0.25) is 14.8 Å². The first-order chi connectivity index (χ1) is 12.4. The van der Waals surface area contributed by atoms with Crippen LogP contribution in [0, 0.1) is 13.8 Å². The lowest BCUT2D eigenvalue weighted by Crippen LogP contribution is -2.31. The van der Waals surface area contributed by atoms with Gasteiger partial charge in [-0.15, -0.1) is 0 Å². The van der Waals surface area contributed by atoms with Crippen LogP contribution >= 0.6 is 0 Å². The SMILES string of the molecule is Cc1cnc(Cc2c(C)cccc2S(=O)(=O)NC(=O)c2cc[nH]c2)cn1. The van der Waals surface area contributed by atoms with E-state index in [0.717, 1.165) is 11.3 Å². The summed E-state index contributed by atoms with van der Waals surface area (Å²) in [5, 5.41) is 0. The molecule has 0 bridgehead atoms. The van der Waals surface area contributed by atoms with Gasteiger partial charge in [-0.2, -0.15) is 0 Å².